The Labute approximate surface area is 142 Å². The number of carbonyl (C=O) groups excluding carboxylic acids is 1. The first-order valence-electron chi connectivity index (χ1n) is 8.25. The third-order valence-corrected chi connectivity index (χ3v) is 4.58. The fourth-order valence-corrected chi connectivity index (χ4v) is 3.02. The smallest absolute Gasteiger partial charge is 0.225 e. The van der Waals surface area contributed by atoms with E-state index in [1.54, 1.807) is 0 Å². The minimum absolute atomic E-state index is 0.301. The van der Waals surface area contributed by atoms with Crippen LogP contribution in [0.3, 0.4) is 0 Å². The molecule has 1 saturated heterocycles. The van der Waals surface area contributed by atoms with Gasteiger partial charge in [-0.3, -0.25) is 4.79 Å². The molecule has 1 saturated carbocycles. The van der Waals surface area contributed by atoms with Crippen LogP contribution in [0.2, 0.25) is 0 Å². The Bertz CT molecular complexity index is 564. The van der Waals surface area contributed by atoms with Gasteiger partial charge in [0.1, 0.15) is 5.75 Å². The van der Waals surface area contributed by atoms with Crippen molar-refractivity contribution >= 4 is 28.9 Å². The maximum atomic E-state index is 12.1. The second kappa shape index (κ2) is 7.17. The molecule has 0 spiro atoms. The molecular formula is C17H23N3O2S. The van der Waals surface area contributed by atoms with Crippen molar-refractivity contribution in [2.75, 3.05) is 38.1 Å². The number of carbonyl (C=O) groups is 1. The number of ether oxygens (including phenoxy) is 1. The van der Waals surface area contributed by atoms with E-state index in [4.69, 9.17) is 17.0 Å². The van der Waals surface area contributed by atoms with Gasteiger partial charge in [-0.05, 0) is 56.2 Å². The molecule has 2 aliphatic rings. The highest BCUT2D eigenvalue weighted by Gasteiger charge is 2.34. The van der Waals surface area contributed by atoms with Crippen molar-refractivity contribution in [3.63, 3.8) is 0 Å². The van der Waals surface area contributed by atoms with Gasteiger partial charge in [0, 0.05) is 37.8 Å². The number of nitrogens with one attached hydrogen (secondary N) is 1. The van der Waals surface area contributed by atoms with Gasteiger partial charge in [-0.2, -0.15) is 0 Å². The van der Waals surface area contributed by atoms with Crippen LogP contribution in [0.15, 0.2) is 24.3 Å². The third-order valence-electron chi connectivity index (χ3n) is 4.22. The van der Waals surface area contributed by atoms with Gasteiger partial charge >= 0.3 is 0 Å². The summed E-state index contributed by atoms with van der Waals surface area (Å²) >= 11 is 5.49. The molecular weight excluding hydrogens is 310 g/mol. The van der Waals surface area contributed by atoms with Crippen molar-refractivity contribution in [1.82, 2.24) is 9.80 Å². The molecule has 3 rings (SSSR count). The van der Waals surface area contributed by atoms with Crippen LogP contribution in [0.4, 0.5) is 5.69 Å². The van der Waals surface area contributed by atoms with Crippen LogP contribution < -0.4 is 10.1 Å². The molecule has 1 aliphatic carbocycles. The molecule has 124 valence electrons. The summed E-state index contributed by atoms with van der Waals surface area (Å²) in [5.41, 5.74) is 0.954. The summed E-state index contributed by atoms with van der Waals surface area (Å²) in [7, 11) is 0. The van der Waals surface area contributed by atoms with E-state index in [1.165, 1.54) is 0 Å². The lowest BCUT2D eigenvalue weighted by Gasteiger charge is -2.36. The Morgan fingerprint density at radius 1 is 1.17 bits per heavy atom. The number of amides is 1. The summed E-state index contributed by atoms with van der Waals surface area (Å²) in [6.45, 7) is 5.74. The van der Waals surface area contributed by atoms with Crippen LogP contribution in [0.25, 0.3) is 0 Å². The minimum Gasteiger partial charge on any atom is -0.494 e. The van der Waals surface area contributed by atoms with E-state index in [9.17, 15) is 4.79 Å². The van der Waals surface area contributed by atoms with Crippen LogP contribution in [-0.4, -0.2) is 53.6 Å². The number of anilines is 1. The molecule has 2 fully saturated rings. The third kappa shape index (κ3) is 4.13. The number of nitrogens with zero attached hydrogens (tertiary/aromatic N) is 2. The molecule has 1 aromatic carbocycles. The molecule has 0 aromatic heterocycles. The van der Waals surface area contributed by atoms with E-state index in [2.05, 4.69) is 10.2 Å². The van der Waals surface area contributed by atoms with Crippen LogP contribution in [-0.2, 0) is 4.79 Å². The summed E-state index contributed by atoms with van der Waals surface area (Å²) in [5.74, 6) is 1.49. The highest BCUT2D eigenvalue weighted by Crippen LogP contribution is 2.31. The maximum Gasteiger partial charge on any atom is 0.225 e. The van der Waals surface area contributed by atoms with E-state index in [-0.39, 0.29) is 0 Å². The SMILES string of the molecule is CCOc1ccc(NC(=S)N2CCN(C(=O)C3CC3)CC2)cc1. The lowest BCUT2D eigenvalue weighted by Crippen LogP contribution is -2.52. The first kappa shape index (κ1) is 16.1. The first-order valence-corrected chi connectivity index (χ1v) is 8.66. The molecule has 1 N–H and O–H groups in total. The van der Waals surface area contributed by atoms with Gasteiger partial charge < -0.3 is 19.9 Å². The molecule has 0 atom stereocenters. The van der Waals surface area contributed by atoms with Gasteiger partial charge in [0.15, 0.2) is 5.11 Å². The molecule has 0 radical (unpaired) electrons. The minimum atomic E-state index is 0.301. The molecule has 1 aromatic rings. The zero-order valence-electron chi connectivity index (χ0n) is 13.5. The highest BCUT2D eigenvalue weighted by atomic mass is 32.1. The van der Waals surface area contributed by atoms with Gasteiger partial charge in [0.25, 0.3) is 0 Å². The summed E-state index contributed by atoms with van der Waals surface area (Å²) in [5, 5.41) is 3.97. The van der Waals surface area contributed by atoms with Crippen molar-refractivity contribution in [3.05, 3.63) is 24.3 Å². The number of hydrogen-bond acceptors (Lipinski definition) is 3. The summed E-state index contributed by atoms with van der Waals surface area (Å²) in [4.78, 5) is 16.2. The van der Waals surface area contributed by atoms with E-state index < -0.39 is 0 Å². The van der Waals surface area contributed by atoms with Crippen LogP contribution in [0.5, 0.6) is 5.75 Å². The summed E-state index contributed by atoms with van der Waals surface area (Å²) < 4.78 is 5.43. The molecule has 23 heavy (non-hydrogen) atoms. The quantitative estimate of drug-likeness (QED) is 0.857. The fourth-order valence-electron chi connectivity index (χ4n) is 2.72. The van der Waals surface area contributed by atoms with Crippen LogP contribution in [0.1, 0.15) is 19.8 Å². The molecule has 5 nitrogen and oxygen atoms in total. The van der Waals surface area contributed by atoms with Gasteiger partial charge in [0.2, 0.25) is 5.91 Å². The van der Waals surface area contributed by atoms with E-state index in [1.807, 2.05) is 36.1 Å². The Balaban J connectivity index is 1.48. The number of hydrogen-bond donors (Lipinski definition) is 1. The number of benzene rings is 1. The number of rotatable bonds is 4. The predicted octanol–water partition coefficient (Wildman–Crippen LogP) is 2.34. The number of piperazine rings is 1. The van der Waals surface area contributed by atoms with Crippen molar-refractivity contribution in [1.29, 1.82) is 0 Å². The predicted molar refractivity (Wildman–Crippen MR) is 94.7 cm³/mol. The van der Waals surface area contributed by atoms with Crippen molar-refractivity contribution in [3.8, 4) is 5.75 Å². The average Bonchev–Trinajstić information content (AvgIpc) is 3.41. The topological polar surface area (TPSA) is 44.8 Å². The standard InChI is InChI=1S/C17H23N3O2S/c1-2-22-15-7-5-14(6-8-15)18-17(23)20-11-9-19(10-12-20)16(21)13-3-4-13/h5-8,13H,2-4,9-12H2,1H3,(H,18,23). The zero-order valence-corrected chi connectivity index (χ0v) is 14.3. The van der Waals surface area contributed by atoms with E-state index in [0.717, 1.165) is 50.5 Å². The summed E-state index contributed by atoms with van der Waals surface area (Å²) in [6, 6.07) is 7.79. The molecule has 1 aliphatic heterocycles. The molecule has 0 unspecified atom stereocenters. The summed E-state index contributed by atoms with van der Waals surface area (Å²) in [6.07, 6.45) is 2.13. The second-order valence-electron chi connectivity index (χ2n) is 5.97. The molecule has 1 heterocycles. The Morgan fingerprint density at radius 2 is 1.78 bits per heavy atom. The van der Waals surface area contributed by atoms with Crippen LogP contribution >= 0.6 is 12.2 Å². The molecule has 6 heteroatoms. The van der Waals surface area contributed by atoms with Crippen molar-refractivity contribution in [2.45, 2.75) is 19.8 Å². The Morgan fingerprint density at radius 3 is 2.35 bits per heavy atom. The van der Waals surface area contributed by atoms with Gasteiger partial charge in [0.05, 0.1) is 6.61 Å². The molecule has 0 bridgehead atoms. The molecule has 1 amide bonds. The van der Waals surface area contributed by atoms with Crippen molar-refractivity contribution in [2.24, 2.45) is 5.92 Å². The average molecular weight is 333 g/mol. The number of thiocarbonyl (C=S) groups is 1. The fraction of sp³-hybridized carbons (Fsp3) is 0.529. The van der Waals surface area contributed by atoms with Crippen LogP contribution in [0, 0.1) is 5.92 Å². The maximum absolute atomic E-state index is 12.1. The monoisotopic (exact) mass is 333 g/mol. The Hall–Kier alpha value is -1.82. The van der Waals surface area contributed by atoms with E-state index >= 15 is 0 Å². The first-order chi connectivity index (χ1) is 11.2. The largest absolute Gasteiger partial charge is 0.494 e. The van der Waals surface area contributed by atoms with Crippen molar-refractivity contribution < 1.29 is 9.53 Å². The normalized spacial score (nSPS) is 17.8. The van der Waals surface area contributed by atoms with Gasteiger partial charge in [-0.1, -0.05) is 0 Å². The zero-order chi connectivity index (χ0) is 16.2. The van der Waals surface area contributed by atoms with E-state index in [0.29, 0.717) is 23.5 Å². The Kier molecular flexibility index (Phi) is 5.00. The lowest BCUT2D eigenvalue weighted by atomic mass is 10.2. The lowest BCUT2D eigenvalue weighted by molar-refractivity contribution is -0.133. The van der Waals surface area contributed by atoms with Gasteiger partial charge in [-0.15, -0.1) is 0 Å². The second-order valence-corrected chi connectivity index (χ2v) is 6.36. The van der Waals surface area contributed by atoms with Gasteiger partial charge in [-0.25, -0.2) is 0 Å². The highest BCUT2D eigenvalue weighted by molar-refractivity contribution is 7.80.